The van der Waals surface area contributed by atoms with E-state index in [9.17, 15) is 4.79 Å². The molecule has 0 spiro atoms. The molecule has 2 aromatic rings. The summed E-state index contributed by atoms with van der Waals surface area (Å²) in [5, 5.41) is 2.13. The van der Waals surface area contributed by atoms with Crippen molar-refractivity contribution in [3.05, 3.63) is 48.0 Å². The highest BCUT2D eigenvalue weighted by Crippen LogP contribution is 2.19. The molecule has 2 heteroatoms. The SMILES string of the molecule is CC.CCN(C)C(=O)c1cccc2ccccc12. The van der Waals surface area contributed by atoms with Gasteiger partial charge >= 0.3 is 0 Å². The fourth-order valence-electron chi connectivity index (χ4n) is 1.76. The van der Waals surface area contributed by atoms with Gasteiger partial charge in [0.15, 0.2) is 0 Å². The molecule has 2 aromatic carbocycles. The molecular formula is C16H21NO. The van der Waals surface area contributed by atoms with Crippen LogP contribution in [0.3, 0.4) is 0 Å². The van der Waals surface area contributed by atoms with Crippen LogP contribution in [-0.2, 0) is 0 Å². The Morgan fingerprint density at radius 3 is 2.33 bits per heavy atom. The van der Waals surface area contributed by atoms with Gasteiger partial charge in [0.05, 0.1) is 0 Å². The number of rotatable bonds is 2. The predicted octanol–water partition coefficient (Wildman–Crippen LogP) is 3.96. The number of hydrogen-bond donors (Lipinski definition) is 0. The van der Waals surface area contributed by atoms with Crippen LogP contribution < -0.4 is 0 Å². The van der Waals surface area contributed by atoms with Crippen molar-refractivity contribution in [2.24, 2.45) is 0 Å². The summed E-state index contributed by atoms with van der Waals surface area (Å²) in [7, 11) is 1.82. The van der Waals surface area contributed by atoms with Gasteiger partial charge in [-0.2, -0.15) is 0 Å². The van der Waals surface area contributed by atoms with Gasteiger partial charge in [-0.3, -0.25) is 4.79 Å². The van der Waals surface area contributed by atoms with E-state index in [1.807, 2.05) is 70.3 Å². The Labute approximate surface area is 109 Å². The van der Waals surface area contributed by atoms with Crippen molar-refractivity contribution < 1.29 is 4.79 Å². The third-order valence-electron chi connectivity index (χ3n) is 2.84. The Hall–Kier alpha value is -1.83. The summed E-state index contributed by atoms with van der Waals surface area (Å²) < 4.78 is 0. The van der Waals surface area contributed by atoms with E-state index < -0.39 is 0 Å². The van der Waals surface area contributed by atoms with Crippen molar-refractivity contribution >= 4 is 16.7 Å². The molecule has 0 aliphatic heterocycles. The number of amides is 1. The first kappa shape index (κ1) is 14.2. The second-order valence-electron chi connectivity index (χ2n) is 3.85. The number of fused-ring (bicyclic) bond motifs is 1. The van der Waals surface area contributed by atoms with E-state index >= 15 is 0 Å². The molecular weight excluding hydrogens is 222 g/mol. The van der Waals surface area contributed by atoms with E-state index in [1.165, 1.54) is 0 Å². The molecule has 96 valence electrons. The molecule has 1 amide bonds. The van der Waals surface area contributed by atoms with Crippen molar-refractivity contribution in [3.63, 3.8) is 0 Å². The van der Waals surface area contributed by atoms with E-state index in [0.29, 0.717) is 0 Å². The van der Waals surface area contributed by atoms with E-state index in [1.54, 1.807) is 4.90 Å². The van der Waals surface area contributed by atoms with Crippen LogP contribution in [0.1, 0.15) is 31.1 Å². The van der Waals surface area contributed by atoms with Gasteiger partial charge in [-0.15, -0.1) is 0 Å². The lowest BCUT2D eigenvalue weighted by molar-refractivity contribution is 0.0804. The molecule has 0 saturated carbocycles. The summed E-state index contributed by atoms with van der Waals surface area (Å²) in [6.07, 6.45) is 0. The molecule has 0 fully saturated rings. The minimum atomic E-state index is 0.0827. The molecule has 0 saturated heterocycles. The van der Waals surface area contributed by atoms with Crippen molar-refractivity contribution in [1.82, 2.24) is 4.90 Å². The Bertz CT molecular complexity index is 514. The zero-order chi connectivity index (χ0) is 13.5. The number of carbonyl (C=O) groups is 1. The second-order valence-corrected chi connectivity index (χ2v) is 3.85. The minimum absolute atomic E-state index is 0.0827. The van der Waals surface area contributed by atoms with Gasteiger partial charge in [-0.25, -0.2) is 0 Å². The lowest BCUT2D eigenvalue weighted by Crippen LogP contribution is -2.26. The fraction of sp³-hybridized carbons (Fsp3) is 0.312. The van der Waals surface area contributed by atoms with E-state index in [2.05, 4.69) is 0 Å². The maximum absolute atomic E-state index is 12.1. The summed E-state index contributed by atoms with van der Waals surface area (Å²) in [5.74, 6) is 0.0827. The van der Waals surface area contributed by atoms with Crippen molar-refractivity contribution in [2.75, 3.05) is 13.6 Å². The molecule has 2 nitrogen and oxygen atoms in total. The first-order chi connectivity index (χ1) is 8.74. The Balaban J connectivity index is 0.000000771. The van der Waals surface area contributed by atoms with Crippen LogP contribution in [0.2, 0.25) is 0 Å². The smallest absolute Gasteiger partial charge is 0.254 e. The van der Waals surface area contributed by atoms with Gasteiger partial charge in [0.1, 0.15) is 0 Å². The van der Waals surface area contributed by atoms with Crippen LogP contribution in [-0.4, -0.2) is 24.4 Å². The zero-order valence-electron chi connectivity index (χ0n) is 11.6. The molecule has 0 aliphatic carbocycles. The third-order valence-corrected chi connectivity index (χ3v) is 2.84. The van der Waals surface area contributed by atoms with E-state index in [0.717, 1.165) is 22.9 Å². The van der Waals surface area contributed by atoms with Crippen LogP contribution >= 0.6 is 0 Å². The topological polar surface area (TPSA) is 20.3 Å². The molecule has 0 aromatic heterocycles. The number of carbonyl (C=O) groups excluding carboxylic acids is 1. The first-order valence-electron chi connectivity index (χ1n) is 6.47. The molecule has 0 heterocycles. The largest absolute Gasteiger partial charge is 0.342 e. The van der Waals surface area contributed by atoms with Crippen LogP contribution in [0.4, 0.5) is 0 Å². The predicted molar refractivity (Wildman–Crippen MR) is 77.9 cm³/mol. The van der Waals surface area contributed by atoms with Gasteiger partial charge in [0.25, 0.3) is 5.91 Å². The number of hydrogen-bond acceptors (Lipinski definition) is 1. The van der Waals surface area contributed by atoms with Gasteiger partial charge in [0.2, 0.25) is 0 Å². The molecule has 0 N–H and O–H groups in total. The molecule has 2 rings (SSSR count). The Morgan fingerprint density at radius 2 is 1.67 bits per heavy atom. The highest BCUT2D eigenvalue weighted by molar-refractivity contribution is 6.06. The summed E-state index contributed by atoms with van der Waals surface area (Å²) in [5.41, 5.74) is 0.780. The van der Waals surface area contributed by atoms with Crippen molar-refractivity contribution in [2.45, 2.75) is 20.8 Å². The van der Waals surface area contributed by atoms with Crippen LogP contribution in [0, 0.1) is 0 Å². The molecule has 0 atom stereocenters. The summed E-state index contributed by atoms with van der Waals surface area (Å²) in [6.45, 7) is 6.70. The summed E-state index contributed by atoms with van der Waals surface area (Å²) in [6, 6.07) is 13.8. The van der Waals surface area contributed by atoms with Gasteiger partial charge in [0, 0.05) is 19.2 Å². The quantitative estimate of drug-likeness (QED) is 0.782. The van der Waals surface area contributed by atoms with E-state index in [4.69, 9.17) is 0 Å². The van der Waals surface area contributed by atoms with Crippen molar-refractivity contribution in [3.8, 4) is 0 Å². The van der Waals surface area contributed by atoms with E-state index in [-0.39, 0.29) is 5.91 Å². The lowest BCUT2D eigenvalue weighted by atomic mass is 10.0. The molecule has 18 heavy (non-hydrogen) atoms. The molecule has 0 radical (unpaired) electrons. The monoisotopic (exact) mass is 243 g/mol. The van der Waals surface area contributed by atoms with Gasteiger partial charge in [-0.05, 0) is 23.8 Å². The maximum Gasteiger partial charge on any atom is 0.254 e. The maximum atomic E-state index is 12.1. The number of nitrogens with zero attached hydrogens (tertiary/aromatic N) is 1. The fourth-order valence-corrected chi connectivity index (χ4v) is 1.76. The minimum Gasteiger partial charge on any atom is -0.342 e. The zero-order valence-corrected chi connectivity index (χ0v) is 11.6. The molecule has 0 unspecified atom stereocenters. The second kappa shape index (κ2) is 6.80. The average Bonchev–Trinajstić information content (AvgIpc) is 2.47. The van der Waals surface area contributed by atoms with Gasteiger partial charge in [-0.1, -0.05) is 50.2 Å². The average molecular weight is 243 g/mol. The first-order valence-corrected chi connectivity index (χ1v) is 6.47. The number of benzene rings is 2. The van der Waals surface area contributed by atoms with Gasteiger partial charge < -0.3 is 4.90 Å². The lowest BCUT2D eigenvalue weighted by Gasteiger charge is -2.15. The standard InChI is InChI=1S/C14H15NO.C2H6/c1-3-15(2)14(16)13-10-6-8-11-7-4-5-9-12(11)13;1-2/h4-10H,3H2,1-2H3;1-2H3. The third kappa shape index (κ3) is 2.89. The molecule has 0 aliphatic rings. The Kier molecular flexibility index (Phi) is 5.37. The van der Waals surface area contributed by atoms with Crippen LogP contribution in [0.15, 0.2) is 42.5 Å². The summed E-state index contributed by atoms with van der Waals surface area (Å²) in [4.78, 5) is 13.8. The van der Waals surface area contributed by atoms with Crippen molar-refractivity contribution in [1.29, 1.82) is 0 Å². The Morgan fingerprint density at radius 1 is 1.06 bits per heavy atom. The normalized spacial score (nSPS) is 9.56. The van der Waals surface area contributed by atoms with Crippen LogP contribution in [0.5, 0.6) is 0 Å². The van der Waals surface area contributed by atoms with Crippen LogP contribution in [0.25, 0.3) is 10.8 Å². The summed E-state index contributed by atoms with van der Waals surface area (Å²) >= 11 is 0. The molecule has 0 bridgehead atoms. The highest BCUT2D eigenvalue weighted by atomic mass is 16.2. The highest BCUT2D eigenvalue weighted by Gasteiger charge is 2.12.